The lowest BCUT2D eigenvalue weighted by Crippen LogP contribution is -2.10. The summed E-state index contributed by atoms with van der Waals surface area (Å²) in [6.07, 6.45) is 7.16. The molecular weight excluding hydrogens is 230 g/mol. The van der Waals surface area contributed by atoms with Gasteiger partial charge in [-0.05, 0) is 37.6 Å². The molecule has 1 atom stereocenters. The molecule has 0 bridgehead atoms. The first-order valence-electron chi connectivity index (χ1n) is 6.09. The fraction of sp³-hybridized carbons (Fsp3) is 0.462. The van der Waals surface area contributed by atoms with Crippen LogP contribution in [0.25, 0.3) is 0 Å². The molecule has 0 aliphatic heterocycles. The van der Waals surface area contributed by atoms with E-state index in [1.54, 1.807) is 0 Å². The molecule has 0 aromatic carbocycles. The molecule has 0 saturated carbocycles. The van der Waals surface area contributed by atoms with Gasteiger partial charge in [-0.15, -0.1) is 11.3 Å². The van der Waals surface area contributed by atoms with Crippen LogP contribution in [-0.4, -0.2) is 9.55 Å². The number of nitrogens with two attached hydrogens (primary N) is 1. The van der Waals surface area contributed by atoms with Crippen molar-refractivity contribution in [1.82, 2.24) is 9.55 Å². The number of thiophene rings is 1. The van der Waals surface area contributed by atoms with Gasteiger partial charge in [0.1, 0.15) is 0 Å². The molecule has 17 heavy (non-hydrogen) atoms. The van der Waals surface area contributed by atoms with Crippen LogP contribution in [0.5, 0.6) is 0 Å². The molecule has 0 radical (unpaired) electrons. The monoisotopic (exact) mass is 249 g/mol. The minimum Gasteiger partial charge on any atom is -0.337 e. The van der Waals surface area contributed by atoms with E-state index in [-0.39, 0.29) is 6.04 Å². The highest BCUT2D eigenvalue weighted by Crippen LogP contribution is 2.17. The largest absolute Gasteiger partial charge is 0.337 e. The van der Waals surface area contributed by atoms with Gasteiger partial charge in [0.15, 0.2) is 0 Å². The molecule has 2 aromatic heterocycles. The quantitative estimate of drug-likeness (QED) is 0.855. The maximum Gasteiger partial charge on any atom is 0.0950 e. The summed E-state index contributed by atoms with van der Waals surface area (Å²) in [4.78, 5) is 5.78. The third kappa shape index (κ3) is 3.41. The summed E-state index contributed by atoms with van der Waals surface area (Å²) in [5.41, 5.74) is 7.14. The number of aryl methyl sites for hydroxylation is 2. The van der Waals surface area contributed by atoms with Crippen LogP contribution in [0.15, 0.2) is 30.0 Å². The average Bonchev–Trinajstić information content (AvgIpc) is 2.99. The van der Waals surface area contributed by atoms with E-state index in [4.69, 9.17) is 5.73 Å². The number of rotatable bonds is 6. The van der Waals surface area contributed by atoms with E-state index in [0.29, 0.717) is 0 Å². The van der Waals surface area contributed by atoms with Gasteiger partial charge in [-0.1, -0.05) is 6.07 Å². The van der Waals surface area contributed by atoms with Crippen LogP contribution in [-0.2, 0) is 13.0 Å². The zero-order valence-electron chi connectivity index (χ0n) is 10.2. The second kappa shape index (κ2) is 5.98. The van der Waals surface area contributed by atoms with E-state index in [9.17, 15) is 0 Å². The van der Waals surface area contributed by atoms with Crippen molar-refractivity contribution >= 4 is 11.3 Å². The molecule has 0 aliphatic rings. The summed E-state index contributed by atoms with van der Waals surface area (Å²) in [5, 5.41) is 2.12. The number of imidazole rings is 1. The SMILES string of the molecule is CCn1cnc(C(N)CCCc2cccs2)c1. The Labute approximate surface area is 106 Å². The Bertz CT molecular complexity index is 433. The van der Waals surface area contributed by atoms with Crippen molar-refractivity contribution in [2.75, 3.05) is 0 Å². The number of nitrogens with zero attached hydrogens (tertiary/aromatic N) is 2. The number of aromatic nitrogens is 2. The van der Waals surface area contributed by atoms with Crippen LogP contribution in [0.4, 0.5) is 0 Å². The first-order valence-corrected chi connectivity index (χ1v) is 6.97. The van der Waals surface area contributed by atoms with Crippen molar-refractivity contribution in [1.29, 1.82) is 0 Å². The van der Waals surface area contributed by atoms with Crippen molar-refractivity contribution in [2.45, 2.75) is 38.8 Å². The summed E-state index contributed by atoms with van der Waals surface area (Å²) >= 11 is 1.82. The molecule has 0 spiro atoms. The van der Waals surface area contributed by atoms with Crippen molar-refractivity contribution in [3.05, 3.63) is 40.6 Å². The van der Waals surface area contributed by atoms with Gasteiger partial charge < -0.3 is 10.3 Å². The Hall–Kier alpha value is -1.13. The van der Waals surface area contributed by atoms with E-state index >= 15 is 0 Å². The lowest BCUT2D eigenvalue weighted by atomic mass is 10.1. The molecule has 1 unspecified atom stereocenters. The van der Waals surface area contributed by atoms with Crippen LogP contribution >= 0.6 is 11.3 Å². The van der Waals surface area contributed by atoms with Crippen molar-refractivity contribution < 1.29 is 0 Å². The Morgan fingerprint density at radius 1 is 1.53 bits per heavy atom. The second-order valence-electron chi connectivity index (χ2n) is 4.21. The van der Waals surface area contributed by atoms with Gasteiger partial charge in [-0.3, -0.25) is 0 Å². The van der Waals surface area contributed by atoms with Crippen LogP contribution < -0.4 is 5.73 Å². The topological polar surface area (TPSA) is 43.8 Å². The normalized spacial score (nSPS) is 12.8. The number of hydrogen-bond donors (Lipinski definition) is 1. The summed E-state index contributed by atoms with van der Waals surface area (Å²) in [7, 11) is 0. The zero-order chi connectivity index (χ0) is 12.1. The molecule has 2 rings (SSSR count). The van der Waals surface area contributed by atoms with Gasteiger partial charge in [0.05, 0.1) is 12.0 Å². The van der Waals surface area contributed by atoms with Crippen molar-refractivity contribution in [3.8, 4) is 0 Å². The first kappa shape index (κ1) is 12.3. The smallest absolute Gasteiger partial charge is 0.0950 e. The van der Waals surface area contributed by atoms with Gasteiger partial charge in [0, 0.05) is 23.7 Å². The van der Waals surface area contributed by atoms with E-state index in [1.807, 2.05) is 17.7 Å². The minimum atomic E-state index is 0.0720. The molecule has 2 N–H and O–H groups in total. The predicted molar refractivity (Wildman–Crippen MR) is 72.1 cm³/mol. The van der Waals surface area contributed by atoms with Crippen LogP contribution in [0.3, 0.4) is 0 Å². The van der Waals surface area contributed by atoms with Crippen LogP contribution in [0.2, 0.25) is 0 Å². The van der Waals surface area contributed by atoms with Gasteiger partial charge in [-0.25, -0.2) is 4.98 Å². The second-order valence-corrected chi connectivity index (χ2v) is 5.24. The zero-order valence-corrected chi connectivity index (χ0v) is 11.0. The fourth-order valence-electron chi connectivity index (χ4n) is 1.84. The molecule has 2 aromatic rings. The van der Waals surface area contributed by atoms with E-state index in [2.05, 4.69) is 40.2 Å². The van der Waals surface area contributed by atoms with E-state index in [0.717, 1.165) is 31.5 Å². The van der Waals surface area contributed by atoms with Crippen molar-refractivity contribution in [3.63, 3.8) is 0 Å². The highest BCUT2D eigenvalue weighted by atomic mass is 32.1. The van der Waals surface area contributed by atoms with Crippen molar-refractivity contribution in [2.24, 2.45) is 5.73 Å². The molecule has 3 nitrogen and oxygen atoms in total. The average molecular weight is 249 g/mol. The van der Waals surface area contributed by atoms with E-state index < -0.39 is 0 Å². The lowest BCUT2D eigenvalue weighted by molar-refractivity contribution is 0.601. The summed E-state index contributed by atoms with van der Waals surface area (Å²) in [6.45, 7) is 3.06. The fourth-order valence-corrected chi connectivity index (χ4v) is 2.59. The third-order valence-electron chi connectivity index (χ3n) is 2.92. The van der Waals surface area contributed by atoms with E-state index in [1.165, 1.54) is 4.88 Å². The molecule has 2 heterocycles. The highest BCUT2D eigenvalue weighted by molar-refractivity contribution is 7.09. The molecule has 0 amide bonds. The van der Waals surface area contributed by atoms with Gasteiger partial charge >= 0.3 is 0 Å². The Morgan fingerprint density at radius 2 is 2.41 bits per heavy atom. The molecule has 0 aliphatic carbocycles. The maximum absolute atomic E-state index is 6.13. The minimum absolute atomic E-state index is 0.0720. The summed E-state index contributed by atoms with van der Waals surface area (Å²) < 4.78 is 2.06. The molecule has 4 heteroatoms. The van der Waals surface area contributed by atoms with Gasteiger partial charge in [0.2, 0.25) is 0 Å². The van der Waals surface area contributed by atoms with Gasteiger partial charge in [-0.2, -0.15) is 0 Å². The number of hydrogen-bond acceptors (Lipinski definition) is 3. The standard InChI is InChI=1S/C13H19N3S/c1-2-16-9-13(15-10-16)12(14)7-3-5-11-6-4-8-17-11/h4,6,8-10,12H,2-3,5,7,14H2,1H3. The summed E-state index contributed by atoms with van der Waals surface area (Å²) in [5.74, 6) is 0. The Kier molecular flexibility index (Phi) is 4.34. The Morgan fingerprint density at radius 3 is 3.06 bits per heavy atom. The summed E-state index contributed by atoms with van der Waals surface area (Å²) in [6, 6.07) is 4.35. The highest BCUT2D eigenvalue weighted by Gasteiger charge is 2.08. The molecule has 0 saturated heterocycles. The predicted octanol–water partition coefficient (Wildman–Crippen LogP) is 2.99. The first-order chi connectivity index (χ1) is 8.29. The van der Waals surface area contributed by atoms with Gasteiger partial charge in [0.25, 0.3) is 0 Å². The van der Waals surface area contributed by atoms with Crippen LogP contribution in [0, 0.1) is 0 Å². The molecular formula is C13H19N3S. The molecule has 92 valence electrons. The maximum atomic E-state index is 6.13. The third-order valence-corrected chi connectivity index (χ3v) is 3.85. The molecule has 0 fully saturated rings. The van der Waals surface area contributed by atoms with Crippen LogP contribution in [0.1, 0.15) is 36.4 Å². The Balaban J connectivity index is 1.78. The lowest BCUT2D eigenvalue weighted by Gasteiger charge is -2.07.